The quantitative estimate of drug-likeness (QED) is 0.618. The second-order valence-corrected chi connectivity index (χ2v) is 9.50. The molecule has 0 aromatic heterocycles. The molecular formula is C20H30F2O. The van der Waals surface area contributed by atoms with Gasteiger partial charge in [0.2, 0.25) is 0 Å². The lowest BCUT2D eigenvalue weighted by Gasteiger charge is -2.59. The lowest BCUT2D eigenvalue weighted by Crippen LogP contribution is -2.53. The molecule has 0 radical (unpaired) electrons. The van der Waals surface area contributed by atoms with E-state index in [1.165, 1.54) is 12.8 Å². The molecule has 130 valence electrons. The van der Waals surface area contributed by atoms with Crippen LogP contribution >= 0.6 is 0 Å². The van der Waals surface area contributed by atoms with Crippen LogP contribution < -0.4 is 0 Å². The molecule has 4 aliphatic carbocycles. The van der Waals surface area contributed by atoms with E-state index in [0.717, 1.165) is 19.3 Å². The van der Waals surface area contributed by atoms with Gasteiger partial charge < -0.3 is 5.11 Å². The third-order valence-electron chi connectivity index (χ3n) is 8.36. The molecule has 0 amide bonds. The molecule has 1 N–H and O–H groups in total. The molecule has 0 spiro atoms. The Morgan fingerprint density at radius 3 is 2.57 bits per heavy atom. The highest BCUT2D eigenvalue weighted by Crippen LogP contribution is 2.67. The van der Waals surface area contributed by atoms with E-state index in [4.69, 9.17) is 0 Å². The average Bonchev–Trinajstić information content (AvgIpc) is 2.68. The zero-order valence-corrected chi connectivity index (χ0v) is 14.6. The van der Waals surface area contributed by atoms with Crippen LogP contribution in [0.25, 0.3) is 0 Å². The van der Waals surface area contributed by atoms with Crippen LogP contribution in [0.2, 0.25) is 0 Å². The first-order chi connectivity index (χ1) is 10.7. The van der Waals surface area contributed by atoms with E-state index in [2.05, 4.69) is 26.0 Å². The number of allylic oxidation sites excluding steroid dienone is 2. The standard InChI is InChI=1S/C20H30F2O/c1-12-6-8-18(2)13(10-12)4-5-14-15(18)7-9-19(3)16(14)11-20(21,22)17(19)23/h6,8,12-17,23H,4-5,7,9-11H2,1-3H3/t12-,13-,14+,15-,16-,17+,18-,19-/m0/s1. The molecule has 1 nitrogen and oxygen atoms in total. The maximum Gasteiger partial charge on any atom is 0.274 e. The fourth-order valence-electron chi connectivity index (χ4n) is 6.96. The minimum Gasteiger partial charge on any atom is -0.386 e. The topological polar surface area (TPSA) is 20.2 Å². The Morgan fingerprint density at radius 1 is 1.09 bits per heavy atom. The van der Waals surface area contributed by atoms with Crippen LogP contribution in [0.4, 0.5) is 8.78 Å². The van der Waals surface area contributed by atoms with Gasteiger partial charge >= 0.3 is 0 Å². The molecule has 0 heterocycles. The van der Waals surface area contributed by atoms with Crippen molar-refractivity contribution in [3.63, 3.8) is 0 Å². The summed E-state index contributed by atoms with van der Waals surface area (Å²) in [6.45, 7) is 6.59. The summed E-state index contributed by atoms with van der Waals surface area (Å²) in [6.07, 6.45) is 8.46. The molecule has 0 aliphatic heterocycles. The van der Waals surface area contributed by atoms with Crippen molar-refractivity contribution >= 4 is 0 Å². The molecule has 0 bridgehead atoms. The van der Waals surface area contributed by atoms with Gasteiger partial charge in [0, 0.05) is 11.8 Å². The zero-order valence-electron chi connectivity index (χ0n) is 14.6. The molecule has 0 aromatic carbocycles. The van der Waals surface area contributed by atoms with Crippen molar-refractivity contribution < 1.29 is 13.9 Å². The molecule has 8 atom stereocenters. The van der Waals surface area contributed by atoms with Crippen LogP contribution in [0.15, 0.2) is 12.2 Å². The van der Waals surface area contributed by atoms with Gasteiger partial charge in [0.25, 0.3) is 5.92 Å². The largest absolute Gasteiger partial charge is 0.386 e. The number of alkyl halides is 2. The average molecular weight is 324 g/mol. The van der Waals surface area contributed by atoms with Crippen LogP contribution in [0.5, 0.6) is 0 Å². The van der Waals surface area contributed by atoms with E-state index in [1.54, 1.807) is 0 Å². The summed E-state index contributed by atoms with van der Waals surface area (Å²) in [5.74, 6) is -0.684. The van der Waals surface area contributed by atoms with Gasteiger partial charge in [0.1, 0.15) is 6.10 Å². The first kappa shape index (κ1) is 16.1. The van der Waals surface area contributed by atoms with Crippen molar-refractivity contribution in [2.75, 3.05) is 0 Å². The Balaban J connectivity index is 1.68. The number of rotatable bonds is 0. The Labute approximate surface area is 138 Å². The van der Waals surface area contributed by atoms with Gasteiger partial charge in [-0.1, -0.05) is 32.9 Å². The number of aliphatic hydroxyl groups excluding tert-OH is 1. The predicted molar refractivity (Wildman–Crippen MR) is 87.1 cm³/mol. The molecule has 3 saturated carbocycles. The Kier molecular flexibility index (Phi) is 3.35. The molecule has 0 unspecified atom stereocenters. The molecular weight excluding hydrogens is 294 g/mol. The van der Waals surface area contributed by atoms with E-state index in [1.807, 2.05) is 6.92 Å². The van der Waals surface area contributed by atoms with E-state index < -0.39 is 17.4 Å². The van der Waals surface area contributed by atoms with Gasteiger partial charge in [-0.25, -0.2) is 8.78 Å². The SMILES string of the molecule is C[C@H]1C=C[C@@]2(C)[C@@H](CC[C@@H]3[C@@H]2CC[C@@]2(C)[C@H]3CC(F)(F)[C@@H]2O)C1. The molecule has 3 fully saturated rings. The van der Waals surface area contributed by atoms with E-state index in [-0.39, 0.29) is 17.8 Å². The monoisotopic (exact) mass is 324 g/mol. The molecule has 0 saturated heterocycles. The van der Waals surface area contributed by atoms with Crippen molar-refractivity contribution in [1.29, 1.82) is 0 Å². The third-order valence-corrected chi connectivity index (χ3v) is 8.36. The van der Waals surface area contributed by atoms with Gasteiger partial charge in [-0.3, -0.25) is 0 Å². The van der Waals surface area contributed by atoms with Crippen molar-refractivity contribution in [2.45, 2.75) is 71.3 Å². The first-order valence-electron chi connectivity index (χ1n) is 9.44. The van der Waals surface area contributed by atoms with E-state index in [9.17, 15) is 13.9 Å². The van der Waals surface area contributed by atoms with Crippen LogP contribution in [0.1, 0.15) is 59.3 Å². The summed E-state index contributed by atoms with van der Waals surface area (Å²) < 4.78 is 28.5. The number of halogens is 2. The minimum atomic E-state index is -2.90. The third kappa shape index (κ3) is 2.04. The number of hydrogen-bond acceptors (Lipinski definition) is 1. The molecule has 4 aliphatic rings. The smallest absolute Gasteiger partial charge is 0.274 e. The van der Waals surface area contributed by atoms with Crippen molar-refractivity contribution in [3.8, 4) is 0 Å². The van der Waals surface area contributed by atoms with Gasteiger partial charge in [-0.15, -0.1) is 0 Å². The molecule has 4 rings (SSSR count). The van der Waals surface area contributed by atoms with Gasteiger partial charge in [0.15, 0.2) is 0 Å². The number of hydrogen-bond donors (Lipinski definition) is 1. The summed E-state index contributed by atoms with van der Waals surface area (Å²) in [4.78, 5) is 0. The second-order valence-electron chi connectivity index (χ2n) is 9.50. The van der Waals surface area contributed by atoms with Crippen LogP contribution in [-0.4, -0.2) is 17.1 Å². The number of aliphatic hydroxyl groups is 1. The lowest BCUT2D eigenvalue weighted by molar-refractivity contribution is -0.133. The van der Waals surface area contributed by atoms with Crippen molar-refractivity contribution in [3.05, 3.63) is 12.2 Å². The van der Waals surface area contributed by atoms with Crippen molar-refractivity contribution in [2.24, 2.45) is 40.4 Å². The summed E-state index contributed by atoms with van der Waals surface area (Å²) in [5.41, 5.74) is -0.404. The highest BCUT2D eigenvalue weighted by Gasteiger charge is 2.67. The molecule has 23 heavy (non-hydrogen) atoms. The highest BCUT2D eigenvalue weighted by atomic mass is 19.3. The summed E-state index contributed by atoms with van der Waals surface area (Å²) in [7, 11) is 0. The normalized spacial score (nSPS) is 57.5. The van der Waals surface area contributed by atoms with Crippen LogP contribution in [-0.2, 0) is 0 Å². The Morgan fingerprint density at radius 2 is 1.83 bits per heavy atom. The molecule has 0 aromatic rings. The van der Waals surface area contributed by atoms with Gasteiger partial charge in [-0.05, 0) is 67.1 Å². The fourth-order valence-corrected chi connectivity index (χ4v) is 6.96. The van der Waals surface area contributed by atoms with Crippen LogP contribution in [0.3, 0.4) is 0 Å². The van der Waals surface area contributed by atoms with E-state index >= 15 is 0 Å². The van der Waals surface area contributed by atoms with E-state index in [0.29, 0.717) is 23.7 Å². The Hall–Kier alpha value is -0.440. The Bertz CT molecular complexity index is 530. The maximum absolute atomic E-state index is 14.3. The van der Waals surface area contributed by atoms with Crippen LogP contribution in [0, 0.1) is 40.4 Å². The fraction of sp³-hybridized carbons (Fsp3) is 0.900. The van der Waals surface area contributed by atoms with Gasteiger partial charge in [-0.2, -0.15) is 0 Å². The minimum absolute atomic E-state index is 0.0169. The predicted octanol–water partition coefficient (Wildman–Crippen LogP) is 5.05. The van der Waals surface area contributed by atoms with Gasteiger partial charge in [0.05, 0.1) is 0 Å². The first-order valence-corrected chi connectivity index (χ1v) is 9.44. The molecule has 3 heteroatoms. The second kappa shape index (κ2) is 4.80. The zero-order chi connectivity index (χ0) is 16.6. The maximum atomic E-state index is 14.3. The highest BCUT2D eigenvalue weighted by molar-refractivity contribution is 5.18. The summed E-state index contributed by atoms with van der Waals surface area (Å²) in [5, 5.41) is 10.3. The summed E-state index contributed by atoms with van der Waals surface area (Å²) >= 11 is 0. The summed E-state index contributed by atoms with van der Waals surface area (Å²) in [6, 6.07) is 0. The number of fused-ring (bicyclic) bond motifs is 5. The van der Waals surface area contributed by atoms with Crippen molar-refractivity contribution in [1.82, 2.24) is 0 Å². The lowest BCUT2D eigenvalue weighted by atomic mass is 9.46.